The van der Waals surface area contributed by atoms with Crippen molar-refractivity contribution in [3.8, 4) is 0 Å². The molecule has 1 unspecified atom stereocenters. The van der Waals surface area contributed by atoms with Crippen LogP contribution in [0.5, 0.6) is 0 Å². The monoisotopic (exact) mass is 235 g/mol. The molecule has 0 aliphatic heterocycles. The van der Waals surface area contributed by atoms with Gasteiger partial charge in [-0.15, -0.1) is 11.3 Å². The molecule has 0 aromatic carbocycles. The van der Waals surface area contributed by atoms with Crippen molar-refractivity contribution in [2.45, 2.75) is 51.0 Å². The molecule has 88 valence electrons. The molecule has 0 radical (unpaired) electrons. The molecule has 0 bridgehead atoms. The highest BCUT2D eigenvalue weighted by Gasteiger charge is 2.43. The molecule has 0 saturated heterocycles. The molecule has 1 aromatic heterocycles. The summed E-state index contributed by atoms with van der Waals surface area (Å²) < 4.78 is 0. The summed E-state index contributed by atoms with van der Waals surface area (Å²) in [7, 11) is 2.15. The normalized spacial score (nSPS) is 27.9. The van der Waals surface area contributed by atoms with Gasteiger partial charge in [-0.1, -0.05) is 19.3 Å². The predicted octanol–water partition coefficient (Wildman–Crippen LogP) is 3.91. The van der Waals surface area contributed by atoms with Gasteiger partial charge in [0.1, 0.15) is 0 Å². The van der Waals surface area contributed by atoms with Gasteiger partial charge in [-0.05, 0) is 55.2 Å². The lowest BCUT2D eigenvalue weighted by molar-refractivity contribution is 0.104. The third-order valence-electron chi connectivity index (χ3n) is 4.69. The van der Waals surface area contributed by atoms with Crippen LogP contribution in [-0.2, 0) is 6.42 Å². The molecule has 2 heteroatoms. The fourth-order valence-electron chi connectivity index (χ4n) is 3.90. The van der Waals surface area contributed by atoms with Crippen molar-refractivity contribution in [1.82, 2.24) is 5.32 Å². The lowest BCUT2D eigenvalue weighted by Crippen LogP contribution is -2.41. The highest BCUT2D eigenvalue weighted by molar-refractivity contribution is 7.10. The highest BCUT2D eigenvalue weighted by atomic mass is 32.1. The number of hydrogen-bond donors (Lipinski definition) is 1. The summed E-state index contributed by atoms with van der Waals surface area (Å²) in [4.78, 5) is 1.63. The topological polar surface area (TPSA) is 12.0 Å². The standard InChI is InChI=1S/C14H21NS/c1-15-13-11-6-10-16-12(11)5-9-14(13)7-3-2-4-8-14/h6,10,13,15H,2-5,7-9H2,1H3. The predicted molar refractivity (Wildman–Crippen MR) is 70.0 cm³/mol. The zero-order valence-electron chi connectivity index (χ0n) is 10.1. The molecule has 16 heavy (non-hydrogen) atoms. The summed E-state index contributed by atoms with van der Waals surface area (Å²) in [6, 6.07) is 2.99. The molecule has 0 amide bonds. The van der Waals surface area contributed by atoms with Crippen molar-refractivity contribution >= 4 is 11.3 Å². The minimum Gasteiger partial charge on any atom is -0.312 e. The molecule has 1 atom stereocenters. The molecule has 1 N–H and O–H groups in total. The first-order chi connectivity index (χ1) is 7.86. The zero-order valence-corrected chi connectivity index (χ0v) is 10.9. The SMILES string of the molecule is CNC1c2ccsc2CCC12CCCCC2. The van der Waals surface area contributed by atoms with Crippen molar-refractivity contribution in [2.75, 3.05) is 7.05 Å². The maximum Gasteiger partial charge on any atom is 0.0385 e. The fourth-order valence-corrected chi connectivity index (χ4v) is 4.82. The molecule has 1 fully saturated rings. The number of rotatable bonds is 1. The first kappa shape index (κ1) is 10.8. The minimum absolute atomic E-state index is 0.584. The third kappa shape index (κ3) is 1.54. The maximum atomic E-state index is 3.61. The van der Waals surface area contributed by atoms with E-state index in [4.69, 9.17) is 0 Å². The van der Waals surface area contributed by atoms with Crippen molar-refractivity contribution < 1.29 is 0 Å². The Balaban J connectivity index is 1.96. The lowest BCUT2D eigenvalue weighted by atomic mass is 9.62. The van der Waals surface area contributed by atoms with Gasteiger partial charge in [0.15, 0.2) is 0 Å². The Labute approximate surface area is 102 Å². The van der Waals surface area contributed by atoms with Crippen LogP contribution in [0.25, 0.3) is 0 Å². The summed E-state index contributed by atoms with van der Waals surface area (Å²) in [6.07, 6.45) is 9.95. The fraction of sp³-hybridized carbons (Fsp3) is 0.714. The Hall–Kier alpha value is -0.340. The van der Waals surface area contributed by atoms with E-state index in [1.54, 1.807) is 10.4 Å². The van der Waals surface area contributed by atoms with E-state index in [0.717, 1.165) is 0 Å². The third-order valence-corrected chi connectivity index (χ3v) is 5.69. The number of hydrogen-bond acceptors (Lipinski definition) is 2. The molecule has 1 nitrogen and oxygen atoms in total. The number of nitrogens with one attached hydrogen (secondary N) is 1. The number of thiophene rings is 1. The average molecular weight is 235 g/mol. The second kappa shape index (κ2) is 4.15. The molecule has 1 spiro atoms. The van der Waals surface area contributed by atoms with Gasteiger partial charge in [0.05, 0.1) is 0 Å². The van der Waals surface area contributed by atoms with Crippen LogP contribution in [-0.4, -0.2) is 7.05 Å². The van der Waals surface area contributed by atoms with Crippen LogP contribution in [0.2, 0.25) is 0 Å². The highest BCUT2D eigenvalue weighted by Crippen LogP contribution is 2.53. The van der Waals surface area contributed by atoms with Gasteiger partial charge in [0.25, 0.3) is 0 Å². The van der Waals surface area contributed by atoms with Crippen LogP contribution in [0, 0.1) is 5.41 Å². The smallest absolute Gasteiger partial charge is 0.0385 e. The second-order valence-electron chi connectivity index (χ2n) is 5.44. The van der Waals surface area contributed by atoms with E-state index in [-0.39, 0.29) is 0 Å². The second-order valence-corrected chi connectivity index (χ2v) is 6.44. The summed E-state index contributed by atoms with van der Waals surface area (Å²) in [5.41, 5.74) is 2.20. The van der Waals surface area contributed by atoms with Gasteiger partial charge in [0.2, 0.25) is 0 Å². The van der Waals surface area contributed by atoms with E-state index in [2.05, 4.69) is 23.8 Å². The lowest BCUT2D eigenvalue weighted by Gasteiger charge is -2.46. The van der Waals surface area contributed by atoms with E-state index in [1.807, 2.05) is 11.3 Å². The molecule has 2 aliphatic rings. The van der Waals surface area contributed by atoms with E-state index < -0.39 is 0 Å². The van der Waals surface area contributed by atoms with Gasteiger partial charge >= 0.3 is 0 Å². The average Bonchev–Trinajstić information content (AvgIpc) is 2.78. The van der Waals surface area contributed by atoms with Gasteiger partial charge in [-0.25, -0.2) is 0 Å². The Bertz CT molecular complexity index is 363. The Morgan fingerprint density at radius 2 is 2.06 bits per heavy atom. The molecule has 3 rings (SSSR count). The zero-order chi connectivity index (χ0) is 11.0. The summed E-state index contributed by atoms with van der Waals surface area (Å²) in [5, 5.41) is 5.89. The minimum atomic E-state index is 0.584. The largest absolute Gasteiger partial charge is 0.312 e. The molecule has 1 heterocycles. The molecule has 1 aromatic rings. The molecular formula is C14H21NS. The quantitative estimate of drug-likeness (QED) is 0.778. The molecular weight excluding hydrogens is 214 g/mol. The van der Waals surface area contributed by atoms with E-state index in [1.165, 1.54) is 44.9 Å². The Kier molecular flexibility index (Phi) is 2.80. The number of aryl methyl sites for hydroxylation is 1. The summed E-state index contributed by atoms with van der Waals surface area (Å²) in [6.45, 7) is 0. The van der Waals surface area contributed by atoms with Gasteiger partial charge in [-0.3, -0.25) is 0 Å². The Morgan fingerprint density at radius 1 is 1.25 bits per heavy atom. The van der Waals surface area contributed by atoms with E-state index >= 15 is 0 Å². The first-order valence-corrected chi connectivity index (χ1v) is 7.47. The van der Waals surface area contributed by atoms with E-state index in [9.17, 15) is 0 Å². The van der Waals surface area contributed by atoms with Crippen LogP contribution in [0.3, 0.4) is 0 Å². The van der Waals surface area contributed by atoms with Crippen LogP contribution in [0.15, 0.2) is 11.4 Å². The Morgan fingerprint density at radius 3 is 2.81 bits per heavy atom. The van der Waals surface area contributed by atoms with Crippen molar-refractivity contribution in [1.29, 1.82) is 0 Å². The molecule has 1 saturated carbocycles. The van der Waals surface area contributed by atoms with Crippen LogP contribution in [0.4, 0.5) is 0 Å². The summed E-state index contributed by atoms with van der Waals surface area (Å²) in [5.74, 6) is 0. The van der Waals surface area contributed by atoms with Crippen molar-refractivity contribution in [3.05, 3.63) is 21.9 Å². The van der Waals surface area contributed by atoms with Gasteiger partial charge in [-0.2, -0.15) is 0 Å². The maximum absolute atomic E-state index is 3.61. The van der Waals surface area contributed by atoms with Gasteiger partial charge < -0.3 is 5.32 Å². The first-order valence-electron chi connectivity index (χ1n) is 6.59. The van der Waals surface area contributed by atoms with Gasteiger partial charge in [0, 0.05) is 10.9 Å². The van der Waals surface area contributed by atoms with Crippen LogP contribution in [0.1, 0.15) is 55.0 Å². The van der Waals surface area contributed by atoms with E-state index in [0.29, 0.717) is 11.5 Å². The summed E-state index contributed by atoms with van der Waals surface area (Å²) >= 11 is 1.95. The van der Waals surface area contributed by atoms with Crippen LogP contribution < -0.4 is 5.32 Å². The van der Waals surface area contributed by atoms with Crippen molar-refractivity contribution in [2.24, 2.45) is 5.41 Å². The van der Waals surface area contributed by atoms with Crippen LogP contribution >= 0.6 is 11.3 Å². The molecule has 2 aliphatic carbocycles. The number of fused-ring (bicyclic) bond motifs is 1. The van der Waals surface area contributed by atoms with Crippen molar-refractivity contribution in [3.63, 3.8) is 0 Å².